The van der Waals surface area contributed by atoms with Crippen molar-refractivity contribution in [1.29, 1.82) is 0 Å². The van der Waals surface area contributed by atoms with Gasteiger partial charge in [-0.3, -0.25) is 9.69 Å². The van der Waals surface area contributed by atoms with E-state index >= 15 is 0 Å². The second-order valence-electron chi connectivity index (χ2n) is 4.39. The summed E-state index contributed by atoms with van der Waals surface area (Å²) < 4.78 is 0. The summed E-state index contributed by atoms with van der Waals surface area (Å²) >= 11 is 0. The van der Waals surface area contributed by atoms with Gasteiger partial charge in [0.2, 0.25) is 5.91 Å². The Balaban J connectivity index is 2.41. The Morgan fingerprint density at radius 2 is 2.21 bits per heavy atom. The third-order valence-corrected chi connectivity index (χ3v) is 2.89. The maximum Gasteiger partial charge on any atom is 0.236 e. The zero-order valence-electron chi connectivity index (χ0n) is 9.36. The molecule has 2 N–H and O–H groups in total. The third-order valence-electron chi connectivity index (χ3n) is 2.89. The van der Waals surface area contributed by atoms with Crippen molar-refractivity contribution in [3.8, 4) is 0 Å². The van der Waals surface area contributed by atoms with Crippen molar-refractivity contribution in [2.45, 2.75) is 31.8 Å². The summed E-state index contributed by atoms with van der Waals surface area (Å²) in [7, 11) is 3.59. The Bertz CT molecular complexity index is 206. The molecule has 4 nitrogen and oxygen atoms in total. The van der Waals surface area contributed by atoms with Crippen LogP contribution in [0.15, 0.2) is 0 Å². The zero-order valence-corrected chi connectivity index (χ0v) is 9.36. The number of carbonyl (C=O) groups excluding carboxylic acids is 1. The number of hydrogen-bond donors (Lipinski definition) is 1. The molecule has 1 aliphatic heterocycles. The Labute approximate surface area is 86.0 Å². The van der Waals surface area contributed by atoms with Gasteiger partial charge in [-0.2, -0.15) is 0 Å². The number of amides is 1. The normalized spacial score (nSPS) is 28.9. The first kappa shape index (κ1) is 11.5. The summed E-state index contributed by atoms with van der Waals surface area (Å²) in [5, 5.41) is 0. The lowest BCUT2D eigenvalue weighted by Gasteiger charge is -2.36. The number of likely N-dealkylation sites (tertiary alicyclic amines) is 1. The van der Waals surface area contributed by atoms with Crippen molar-refractivity contribution in [3.63, 3.8) is 0 Å². The summed E-state index contributed by atoms with van der Waals surface area (Å²) in [5.74, 6) is 0.173. The molecule has 1 heterocycles. The molecule has 1 amide bonds. The Kier molecular flexibility index (Phi) is 3.89. The van der Waals surface area contributed by atoms with Gasteiger partial charge in [-0.05, 0) is 19.8 Å². The maximum atomic E-state index is 11.5. The standard InChI is InChI=1S/C10H21N3O/c1-8-6-9(11)4-5-13(8)7-10(14)12(2)3/h8-9H,4-7,11H2,1-3H3. The number of carbonyl (C=O) groups is 1. The molecule has 0 aromatic carbocycles. The SMILES string of the molecule is CC1CC(N)CCN1CC(=O)N(C)C. The fraction of sp³-hybridized carbons (Fsp3) is 0.900. The highest BCUT2D eigenvalue weighted by Gasteiger charge is 2.24. The Morgan fingerprint density at radius 1 is 1.57 bits per heavy atom. The molecule has 1 rings (SSSR count). The maximum absolute atomic E-state index is 11.5. The summed E-state index contributed by atoms with van der Waals surface area (Å²) in [4.78, 5) is 15.3. The number of nitrogens with zero attached hydrogens (tertiary/aromatic N) is 2. The van der Waals surface area contributed by atoms with E-state index < -0.39 is 0 Å². The van der Waals surface area contributed by atoms with Gasteiger partial charge in [0.15, 0.2) is 0 Å². The molecule has 1 fully saturated rings. The monoisotopic (exact) mass is 199 g/mol. The lowest BCUT2D eigenvalue weighted by molar-refractivity contribution is -0.130. The predicted octanol–water partition coefficient (Wildman–Crippen LogP) is -0.114. The molecule has 0 aliphatic carbocycles. The number of likely N-dealkylation sites (N-methyl/N-ethyl adjacent to an activating group) is 1. The van der Waals surface area contributed by atoms with Crippen LogP contribution in [0.5, 0.6) is 0 Å². The largest absolute Gasteiger partial charge is 0.348 e. The lowest BCUT2D eigenvalue weighted by atomic mass is 9.99. The van der Waals surface area contributed by atoms with Crippen molar-refractivity contribution in [3.05, 3.63) is 0 Å². The highest BCUT2D eigenvalue weighted by atomic mass is 16.2. The lowest BCUT2D eigenvalue weighted by Crippen LogP contribution is -2.49. The molecule has 2 atom stereocenters. The third kappa shape index (κ3) is 2.96. The average molecular weight is 199 g/mol. The molecule has 4 heteroatoms. The van der Waals surface area contributed by atoms with Crippen molar-refractivity contribution in [2.75, 3.05) is 27.2 Å². The number of rotatable bonds is 2. The van der Waals surface area contributed by atoms with Crippen molar-refractivity contribution in [2.24, 2.45) is 5.73 Å². The van der Waals surface area contributed by atoms with Crippen LogP contribution in [-0.4, -0.2) is 55.0 Å². The van der Waals surface area contributed by atoms with E-state index in [2.05, 4.69) is 11.8 Å². The molecule has 0 aromatic rings. The fourth-order valence-electron chi connectivity index (χ4n) is 1.81. The highest BCUT2D eigenvalue weighted by molar-refractivity contribution is 5.77. The molecule has 0 aromatic heterocycles. The second kappa shape index (κ2) is 4.75. The van der Waals surface area contributed by atoms with E-state index in [1.54, 1.807) is 19.0 Å². The molecule has 0 bridgehead atoms. The van der Waals surface area contributed by atoms with E-state index in [0.717, 1.165) is 19.4 Å². The van der Waals surface area contributed by atoms with Gasteiger partial charge >= 0.3 is 0 Å². The number of hydrogen-bond acceptors (Lipinski definition) is 3. The number of nitrogens with two attached hydrogens (primary N) is 1. The molecule has 1 saturated heterocycles. The number of piperidine rings is 1. The fourth-order valence-corrected chi connectivity index (χ4v) is 1.81. The van der Waals surface area contributed by atoms with Gasteiger partial charge in [0.25, 0.3) is 0 Å². The molecule has 14 heavy (non-hydrogen) atoms. The van der Waals surface area contributed by atoms with Crippen molar-refractivity contribution >= 4 is 5.91 Å². The minimum absolute atomic E-state index is 0.173. The Hall–Kier alpha value is -0.610. The molecule has 82 valence electrons. The predicted molar refractivity (Wildman–Crippen MR) is 56.9 cm³/mol. The van der Waals surface area contributed by atoms with Gasteiger partial charge in [-0.15, -0.1) is 0 Å². The van der Waals surface area contributed by atoms with Gasteiger partial charge in [0.1, 0.15) is 0 Å². The zero-order chi connectivity index (χ0) is 10.7. The van der Waals surface area contributed by atoms with Gasteiger partial charge in [-0.1, -0.05) is 0 Å². The van der Waals surface area contributed by atoms with E-state index in [1.165, 1.54) is 0 Å². The highest BCUT2D eigenvalue weighted by Crippen LogP contribution is 2.15. The molecule has 2 unspecified atom stereocenters. The van der Waals surface area contributed by atoms with Crippen LogP contribution in [0.25, 0.3) is 0 Å². The van der Waals surface area contributed by atoms with E-state index in [9.17, 15) is 4.79 Å². The molecular weight excluding hydrogens is 178 g/mol. The van der Waals surface area contributed by atoms with Crippen LogP contribution < -0.4 is 5.73 Å². The minimum Gasteiger partial charge on any atom is -0.348 e. The van der Waals surface area contributed by atoms with Gasteiger partial charge < -0.3 is 10.6 Å². The minimum atomic E-state index is 0.173. The molecule has 0 saturated carbocycles. The van der Waals surface area contributed by atoms with E-state index in [1.807, 2.05) is 0 Å². The summed E-state index contributed by atoms with van der Waals surface area (Å²) in [6.45, 7) is 3.62. The van der Waals surface area contributed by atoms with Gasteiger partial charge in [0, 0.05) is 32.7 Å². The van der Waals surface area contributed by atoms with Crippen LogP contribution in [0.1, 0.15) is 19.8 Å². The van der Waals surface area contributed by atoms with Crippen molar-refractivity contribution < 1.29 is 4.79 Å². The van der Waals surface area contributed by atoms with Crippen LogP contribution in [0.2, 0.25) is 0 Å². The first-order chi connectivity index (χ1) is 6.50. The van der Waals surface area contributed by atoms with Crippen molar-refractivity contribution in [1.82, 2.24) is 9.80 Å². The van der Waals surface area contributed by atoms with E-state index in [0.29, 0.717) is 18.6 Å². The summed E-state index contributed by atoms with van der Waals surface area (Å²) in [6, 6.07) is 0.748. The van der Waals surface area contributed by atoms with Crippen LogP contribution in [0, 0.1) is 0 Å². The quantitative estimate of drug-likeness (QED) is 0.675. The first-order valence-electron chi connectivity index (χ1n) is 5.20. The molecule has 1 aliphatic rings. The van der Waals surface area contributed by atoms with Gasteiger partial charge in [-0.25, -0.2) is 0 Å². The van der Waals surface area contributed by atoms with Crippen LogP contribution in [-0.2, 0) is 4.79 Å². The smallest absolute Gasteiger partial charge is 0.236 e. The summed E-state index contributed by atoms with van der Waals surface area (Å²) in [6.07, 6.45) is 2.01. The molecular formula is C10H21N3O. The van der Waals surface area contributed by atoms with Gasteiger partial charge in [0.05, 0.1) is 6.54 Å². The summed E-state index contributed by atoms with van der Waals surface area (Å²) in [5.41, 5.74) is 5.86. The average Bonchev–Trinajstić information content (AvgIpc) is 2.09. The van der Waals surface area contributed by atoms with Crippen LogP contribution in [0.3, 0.4) is 0 Å². The van der Waals surface area contributed by atoms with E-state index in [-0.39, 0.29) is 5.91 Å². The first-order valence-corrected chi connectivity index (χ1v) is 5.20. The van der Waals surface area contributed by atoms with Crippen LogP contribution in [0.4, 0.5) is 0 Å². The topological polar surface area (TPSA) is 49.6 Å². The van der Waals surface area contributed by atoms with Crippen LogP contribution >= 0.6 is 0 Å². The molecule has 0 spiro atoms. The van der Waals surface area contributed by atoms with E-state index in [4.69, 9.17) is 5.73 Å². The second-order valence-corrected chi connectivity index (χ2v) is 4.39. The molecule has 0 radical (unpaired) electrons. The Morgan fingerprint density at radius 3 is 2.71 bits per heavy atom.